The van der Waals surface area contributed by atoms with Gasteiger partial charge in [-0.2, -0.15) is 5.10 Å². The summed E-state index contributed by atoms with van der Waals surface area (Å²) < 4.78 is 14.5. The second-order valence-corrected chi connectivity index (χ2v) is 5.51. The van der Waals surface area contributed by atoms with Gasteiger partial charge in [-0.3, -0.25) is 0 Å². The van der Waals surface area contributed by atoms with E-state index >= 15 is 0 Å². The third-order valence-corrected chi connectivity index (χ3v) is 3.91. The number of anilines is 1. The third kappa shape index (κ3) is 2.95. The number of hydrogen-bond donors (Lipinski definition) is 1. The van der Waals surface area contributed by atoms with Crippen LogP contribution in [0.2, 0.25) is 0 Å². The predicted molar refractivity (Wildman–Crippen MR) is 87.4 cm³/mol. The summed E-state index contributed by atoms with van der Waals surface area (Å²) in [4.78, 5) is 14.6. The van der Waals surface area contributed by atoms with Crippen LogP contribution >= 0.6 is 0 Å². The van der Waals surface area contributed by atoms with Crippen LogP contribution < -0.4 is 10.2 Å². The minimum absolute atomic E-state index is 0.332. The molecule has 0 unspecified atom stereocenters. The van der Waals surface area contributed by atoms with Gasteiger partial charge in [-0.25, -0.2) is 24.0 Å². The van der Waals surface area contributed by atoms with E-state index in [2.05, 4.69) is 36.3 Å². The zero-order chi connectivity index (χ0) is 16.4. The molecule has 0 bridgehead atoms. The van der Waals surface area contributed by atoms with E-state index in [-0.39, 0.29) is 0 Å². The lowest BCUT2D eigenvalue weighted by Crippen LogP contribution is -2.43. The number of hydrogen-bond acceptors (Lipinski definition) is 6. The molecule has 0 atom stereocenters. The van der Waals surface area contributed by atoms with Gasteiger partial charge in [0.1, 0.15) is 5.82 Å². The van der Waals surface area contributed by atoms with Crippen molar-refractivity contribution < 1.29 is 4.39 Å². The van der Waals surface area contributed by atoms with Gasteiger partial charge in [0.25, 0.3) is 5.95 Å². The molecule has 3 aromatic rings. The van der Waals surface area contributed by atoms with Gasteiger partial charge >= 0.3 is 0 Å². The highest BCUT2D eigenvalue weighted by atomic mass is 19.1. The molecule has 1 fully saturated rings. The quantitative estimate of drug-likeness (QED) is 0.782. The Balaban J connectivity index is 1.61. The van der Waals surface area contributed by atoms with E-state index in [0.29, 0.717) is 5.95 Å². The van der Waals surface area contributed by atoms with Crippen LogP contribution in [0.15, 0.2) is 43.1 Å². The van der Waals surface area contributed by atoms with Crippen LogP contribution in [-0.4, -0.2) is 50.9 Å². The first-order chi connectivity index (χ1) is 11.8. The minimum atomic E-state index is -0.471. The lowest BCUT2D eigenvalue weighted by Gasteiger charge is -2.28. The van der Waals surface area contributed by atoms with Crippen LogP contribution in [0.3, 0.4) is 0 Å². The van der Waals surface area contributed by atoms with Crippen molar-refractivity contribution in [2.45, 2.75) is 0 Å². The van der Waals surface area contributed by atoms with Crippen LogP contribution in [0, 0.1) is 5.82 Å². The molecule has 0 radical (unpaired) electrons. The van der Waals surface area contributed by atoms with Crippen LogP contribution in [0.5, 0.6) is 0 Å². The standard InChI is InChI=1S/C16H16FN7/c17-14-9-20-16(21-10-14)24-11-13(8-22-24)12-1-2-19-15(7-12)23-5-3-18-4-6-23/h1-2,7-11,18H,3-6H2. The van der Waals surface area contributed by atoms with Gasteiger partial charge in [-0.1, -0.05) is 0 Å². The summed E-state index contributed by atoms with van der Waals surface area (Å²) in [6.45, 7) is 3.82. The largest absolute Gasteiger partial charge is 0.354 e. The topological polar surface area (TPSA) is 71.8 Å². The van der Waals surface area contributed by atoms with Crippen molar-refractivity contribution >= 4 is 5.82 Å². The molecule has 1 N–H and O–H groups in total. The molecule has 0 amide bonds. The van der Waals surface area contributed by atoms with Crippen molar-refractivity contribution in [3.05, 3.63) is 48.9 Å². The number of nitrogens with one attached hydrogen (secondary N) is 1. The molecule has 7 nitrogen and oxygen atoms in total. The van der Waals surface area contributed by atoms with Crippen molar-refractivity contribution in [3.8, 4) is 17.1 Å². The third-order valence-electron chi connectivity index (χ3n) is 3.91. The predicted octanol–water partition coefficient (Wildman–Crippen LogP) is 1.27. The smallest absolute Gasteiger partial charge is 0.250 e. The Labute approximate surface area is 138 Å². The average Bonchev–Trinajstić information content (AvgIpc) is 3.13. The molecule has 0 spiro atoms. The van der Waals surface area contributed by atoms with Gasteiger partial charge in [0.15, 0.2) is 5.82 Å². The maximum atomic E-state index is 12.9. The number of aromatic nitrogens is 5. The second kappa shape index (κ2) is 6.32. The monoisotopic (exact) mass is 325 g/mol. The van der Waals surface area contributed by atoms with Crippen LogP contribution in [0.4, 0.5) is 10.2 Å². The highest BCUT2D eigenvalue weighted by molar-refractivity contribution is 5.65. The molecule has 4 heterocycles. The summed E-state index contributed by atoms with van der Waals surface area (Å²) in [6, 6.07) is 4.00. The molecule has 0 saturated carbocycles. The highest BCUT2D eigenvalue weighted by Crippen LogP contribution is 2.23. The number of halogens is 1. The molecule has 0 aliphatic carbocycles. The Hall–Kier alpha value is -2.87. The molecular formula is C16H16FN7. The van der Waals surface area contributed by atoms with Gasteiger partial charge < -0.3 is 10.2 Å². The Kier molecular flexibility index (Phi) is 3.87. The van der Waals surface area contributed by atoms with Crippen LogP contribution in [0.25, 0.3) is 17.1 Å². The molecule has 1 saturated heterocycles. The average molecular weight is 325 g/mol. The molecule has 4 rings (SSSR count). The Morgan fingerprint density at radius 3 is 2.58 bits per heavy atom. The van der Waals surface area contributed by atoms with Crippen LogP contribution in [0.1, 0.15) is 0 Å². The summed E-state index contributed by atoms with van der Waals surface area (Å²) in [6.07, 6.45) is 7.61. The molecular weight excluding hydrogens is 309 g/mol. The molecule has 1 aliphatic rings. The van der Waals surface area contributed by atoms with Gasteiger partial charge in [-0.15, -0.1) is 0 Å². The van der Waals surface area contributed by atoms with E-state index in [0.717, 1.165) is 55.5 Å². The van der Waals surface area contributed by atoms with E-state index in [1.54, 1.807) is 12.4 Å². The zero-order valence-electron chi connectivity index (χ0n) is 12.9. The molecule has 3 aromatic heterocycles. The second-order valence-electron chi connectivity index (χ2n) is 5.51. The van der Waals surface area contributed by atoms with E-state index in [9.17, 15) is 4.39 Å². The first kappa shape index (κ1) is 14.7. The highest BCUT2D eigenvalue weighted by Gasteiger charge is 2.13. The summed E-state index contributed by atoms with van der Waals surface area (Å²) in [5.74, 6) is 0.819. The van der Waals surface area contributed by atoms with Crippen molar-refractivity contribution in [1.82, 2.24) is 30.0 Å². The van der Waals surface area contributed by atoms with Crippen molar-refractivity contribution in [3.63, 3.8) is 0 Å². The molecule has 122 valence electrons. The Morgan fingerprint density at radius 1 is 1.00 bits per heavy atom. The van der Waals surface area contributed by atoms with Gasteiger partial charge in [0, 0.05) is 44.1 Å². The molecule has 0 aromatic carbocycles. The first-order valence-corrected chi connectivity index (χ1v) is 7.74. The fraction of sp³-hybridized carbons (Fsp3) is 0.250. The summed E-state index contributed by atoms with van der Waals surface area (Å²) in [5, 5.41) is 7.59. The van der Waals surface area contributed by atoms with E-state index < -0.39 is 5.82 Å². The van der Waals surface area contributed by atoms with E-state index in [1.807, 2.05) is 12.3 Å². The lowest BCUT2D eigenvalue weighted by molar-refractivity contribution is 0.585. The SMILES string of the molecule is Fc1cnc(-n2cc(-c3ccnc(N4CCNCC4)c3)cn2)nc1. The summed E-state index contributed by atoms with van der Waals surface area (Å²) in [5.41, 5.74) is 1.95. The minimum Gasteiger partial charge on any atom is -0.354 e. The van der Waals surface area contributed by atoms with Crippen molar-refractivity contribution in [2.75, 3.05) is 31.1 Å². The number of rotatable bonds is 3. The fourth-order valence-corrected chi connectivity index (χ4v) is 2.67. The first-order valence-electron chi connectivity index (χ1n) is 7.74. The zero-order valence-corrected chi connectivity index (χ0v) is 12.9. The summed E-state index contributed by atoms with van der Waals surface area (Å²) in [7, 11) is 0. The van der Waals surface area contributed by atoms with Gasteiger partial charge in [0.2, 0.25) is 0 Å². The van der Waals surface area contributed by atoms with Gasteiger partial charge in [0.05, 0.1) is 18.6 Å². The Bertz CT molecular complexity index is 824. The normalized spacial score (nSPS) is 14.8. The number of pyridine rings is 1. The maximum absolute atomic E-state index is 12.9. The van der Waals surface area contributed by atoms with Crippen molar-refractivity contribution in [1.29, 1.82) is 0 Å². The molecule has 24 heavy (non-hydrogen) atoms. The molecule has 1 aliphatic heterocycles. The molecule has 8 heteroatoms. The summed E-state index contributed by atoms with van der Waals surface area (Å²) >= 11 is 0. The lowest BCUT2D eigenvalue weighted by atomic mass is 10.1. The van der Waals surface area contributed by atoms with Crippen molar-refractivity contribution in [2.24, 2.45) is 0 Å². The fourth-order valence-electron chi connectivity index (χ4n) is 2.67. The van der Waals surface area contributed by atoms with E-state index in [4.69, 9.17) is 0 Å². The number of piperazine rings is 1. The van der Waals surface area contributed by atoms with Gasteiger partial charge in [-0.05, 0) is 17.7 Å². The maximum Gasteiger partial charge on any atom is 0.250 e. The van der Waals surface area contributed by atoms with Crippen LogP contribution in [-0.2, 0) is 0 Å². The number of nitrogens with zero attached hydrogens (tertiary/aromatic N) is 6. The van der Waals surface area contributed by atoms with E-state index in [1.165, 1.54) is 4.68 Å². The Morgan fingerprint density at radius 2 is 1.79 bits per heavy atom.